The van der Waals surface area contributed by atoms with Gasteiger partial charge in [-0.2, -0.15) is 0 Å². The third-order valence-electron chi connectivity index (χ3n) is 3.83. The molecule has 1 aliphatic carbocycles. The lowest BCUT2D eigenvalue weighted by Gasteiger charge is -2.28. The second kappa shape index (κ2) is 7.92. The summed E-state index contributed by atoms with van der Waals surface area (Å²) >= 11 is 1.64. The van der Waals surface area contributed by atoms with E-state index in [-0.39, 0.29) is 18.2 Å². The van der Waals surface area contributed by atoms with Crippen molar-refractivity contribution in [2.24, 2.45) is 0 Å². The predicted molar refractivity (Wildman–Crippen MR) is 88.4 cm³/mol. The molecule has 0 atom stereocenters. The van der Waals surface area contributed by atoms with Gasteiger partial charge in [0.05, 0.1) is 6.54 Å². The van der Waals surface area contributed by atoms with E-state index in [1.807, 2.05) is 17.5 Å². The summed E-state index contributed by atoms with van der Waals surface area (Å²) in [5, 5.41) is 7.93. The highest BCUT2D eigenvalue weighted by Gasteiger charge is 2.24. The van der Waals surface area contributed by atoms with E-state index in [0.717, 1.165) is 30.6 Å². The molecule has 122 valence electrons. The first kappa shape index (κ1) is 15.7. The topological polar surface area (TPSA) is 76.1 Å². The molecule has 2 amide bonds. The number of carbonyl (C=O) groups is 1. The lowest BCUT2D eigenvalue weighted by molar-refractivity contribution is 0.129. The minimum Gasteiger partial charge on any atom is -0.460 e. The number of amides is 2. The summed E-state index contributed by atoms with van der Waals surface area (Å²) in [6, 6.07) is 6.29. The van der Waals surface area contributed by atoms with E-state index < -0.39 is 0 Å². The van der Waals surface area contributed by atoms with Gasteiger partial charge in [0, 0.05) is 23.3 Å². The Bertz CT molecular complexity index is 598. The zero-order chi connectivity index (χ0) is 15.9. The molecule has 23 heavy (non-hydrogen) atoms. The Morgan fingerprint density at radius 1 is 1.22 bits per heavy atom. The number of urea groups is 1. The monoisotopic (exact) mass is 332 g/mol. The maximum atomic E-state index is 11.9. The number of thiophene rings is 1. The number of rotatable bonds is 5. The Labute approximate surface area is 139 Å². The lowest BCUT2D eigenvalue weighted by atomic mass is 9.93. The Morgan fingerprint density at radius 2 is 2.00 bits per heavy atom. The molecule has 0 radical (unpaired) electrons. The molecule has 1 aliphatic rings. The molecule has 0 aliphatic heterocycles. The van der Waals surface area contributed by atoms with Gasteiger partial charge in [0.25, 0.3) is 0 Å². The van der Waals surface area contributed by atoms with E-state index in [4.69, 9.17) is 4.74 Å². The molecule has 0 saturated heterocycles. The van der Waals surface area contributed by atoms with Crippen LogP contribution < -0.4 is 15.4 Å². The van der Waals surface area contributed by atoms with Crippen molar-refractivity contribution in [3.05, 3.63) is 40.8 Å². The zero-order valence-corrected chi connectivity index (χ0v) is 13.6. The Hall–Kier alpha value is -2.15. The number of hydrogen-bond donors (Lipinski definition) is 2. The third-order valence-corrected chi connectivity index (χ3v) is 4.70. The molecular formula is C16H20N4O2S. The lowest BCUT2D eigenvalue weighted by Crippen LogP contribution is -2.44. The van der Waals surface area contributed by atoms with Crippen LogP contribution in [0, 0.1) is 0 Å². The number of aromatic nitrogens is 2. The van der Waals surface area contributed by atoms with Crippen LogP contribution in [0.3, 0.4) is 0 Å². The van der Waals surface area contributed by atoms with Gasteiger partial charge in [-0.25, -0.2) is 14.8 Å². The molecule has 3 rings (SSSR count). The molecule has 2 heterocycles. The van der Waals surface area contributed by atoms with Gasteiger partial charge < -0.3 is 15.4 Å². The van der Waals surface area contributed by atoms with Crippen LogP contribution in [0.1, 0.15) is 30.6 Å². The highest BCUT2D eigenvalue weighted by Crippen LogP contribution is 2.22. The van der Waals surface area contributed by atoms with Crippen LogP contribution in [-0.2, 0) is 6.54 Å². The van der Waals surface area contributed by atoms with Gasteiger partial charge in [0.2, 0.25) is 0 Å². The molecule has 0 aromatic carbocycles. The van der Waals surface area contributed by atoms with Crippen LogP contribution in [0.5, 0.6) is 6.01 Å². The summed E-state index contributed by atoms with van der Waals surface area (Å²) in [6.07, 6.45) is 7.08. The van der Waals surface area contributed by atoms with Gasteiger partial charge in [-0.05, 0) is 43.2 Å². The van der Waals surface area contributed by atoms with Gasteiger partial charge in [0.1, 0.15) is 6.10 Å². The first-order chi connectivity index (χ1) is 11.3. The number of hydrogen-bond acceptors (Lipinski definition) is 5. The fourth-order valence-electron chi connectivity index (χ4n) is 2.64. The summed E-state index contributed by atoms with van der Waals surface area (Å²) in [4.78, 5) is 21.2. The number of nitrogens with zero attached hydrogens (tertiary/aromatic N) is 2. The predicted octanol–water partition coefficient (Wildman–Crippen LogP) is 2.73. The van der Waals surface area contributed by atoms with Crippen molar-refractivity contribution >= 4 is 17.4 Å². The molecule has 0 spiro atoms. The van der Waals surface area contributed by atoms with E-state index in [1.54, 1.807) is 29.8 Å². The number of nitrogens with one attached hydrogen (secondary N) is 2. The molecule has 2 N–H and O–H groups in total. The van der Waals surface area contributed by atoms with Crippen LogP contribution >= 0.6 is 11.3 Å². The van der Waals surface area contributed by atoms with E-state index in [9.17, 15) is 4.79 Å². The smallest absolute Gasteiger partial charge is 0.316 e. The first-order valence-corrected chi connectivity index (χ1v) is 8.68. The van der Waals surface area contributed by atoms with Crippen molar-refractivity contribution in [2.45, 2.75) is 44.4 Å². The summed E-state index contributed by atoms with van der Waals surface area (Å²) in [5.41, 5.74) is 0. The molecule has 0 bridgehead atoms. The van der Waals surface area contributed by atoms with Crippen molar-refractivity contribution in [2.75, 3.05) is 0 Å². The van der Waals surface area contributed by atoms with Crippen LogP contribution in [0.15, 0.2) is 36.0 Å². The summed E-state index contributed by atoms with van der Waals surface area (Å²) in [7, 11) is 0. The molecule has 7 heteroatoms. The summed E-state index contributed by atoms with van der Waals surface area (Å²) in [5.74, 6) is 0. The molecule has 2 aromatic heterocycles. The SMILES string of the molecule is O=C(NCc1cccs1)NC1CCC(Oc2ncccn2)CC1. The summed E-state index contributed by atoms with van der Waals surface area (Å²) in [6.45, 7) is 0.577. The average molecular weight is 332 g/mol. The second-order valence-electron chi connectivity index (χ2n) is 5.53. The van der Waals surface area contributed by atoms with Gasteiger partial charge in [-0.15, -0.1) is 11.3 Å². The summed E-state index contributed by atoms with van der Waals surface area (Å²) < 4.78 is 5.76. The van der Waals surface area contributed by atoms with Gasteiger partial charge in [-0.1, -0.05) is 6.07 Å². The van der Waals surface area contributed by atoms with Gasteiger partial charge >= 0.3 is 12.0 Å². The van der Waals surface area contributed by atoms with Crippen molar-refractivity contribution < 1.29 is 9.53 Å². The second-order valence-corrected chi connectivity index (χ2v) is 6.56. The van der Waals surface area contributed by atoms with E-state index in [1.165, 1.54) is 0 Å². The minimum absolute atomic E-state index is 0.103. The van der Waals surface area contributed by atoms with Gasteiger partial charge in [0.15, 0.2) is 0 Å². The van der Waals surface area contributed by atoms with E-state index in [2.05, 4.69) is 20.6 Å². The average Bonchev–Trinajstić information content (AvgIpc) is 3.09. The Balaban J connectivity index is 1.36. The Morgan fingerprint density at radius 3 is 2.70 bits per heavy atom. The first-order valence-electron chi connectivity index (χ1n) is 7.80. The zero-order valence-electron chi connectivity index (χ0n) is 12.8. The molecule has 1 saturated carbocycles. The minimum atomic E-state index is -0.103. The van der Waals surface area contributed by atoms with Crippen molar-refractivity contribution in [1.29, 1.82) is 0 Å². The van der Waals surface area contributed by atoms with Crippen molar-refractivity contribution in [3.63, 3.8) is 0 Å². The van der Waals surface area contributed by atoms with Crippen LogP contribution in [-0.4, -0.2) is 28.1 Å². The maximum absolute atomic E-state index is 11.9. The quantitative estimate of drug-likeness (QED) is 0.883. The molecule has 6 nitrogen and oxygen atoms in total. The molecular weight excluding hydrogens is 312 g/mol. The standard InChI is InChI=1S/C16H20N4O2S/c21-15(19-11-14-3-1-10-23-14)20-12-4-6-13(7-5-12)22-16-17-8-2-9-18-16/h1-3,8-10,12-13H,4-7,11H2,(H2,19,20,21). The molecule has 1 fully saturated rings. The van der Waals surface area contributed by atoms with E-state index in [0.29, 0.717) is 12.6 Å². The largest absolute Gasteiger partial charge is 0.460 e. The van der Waals surface area contributed by atoms with E-state index >= 15 is 0 Å². The van der Waals surface area contributed by atoms with Crippen molar-refractivity contribution in [3.8, 4) is 6.01 Å². The molecule has 2 aromatic rings. The maximum Gasteiger partial charge on any atom is 0.316 e. The number of carbonyl (C=O) groups excluding carboxylic acids is 1. The fourth-order valence-corrected chi connectivity index (χ4v) is 3.28. The fraction of sp³-hybridized carbons (Fsp3) is 0.438. The highest BCUT2D eigenvalue weighted by atomic mass is 32.1. The van der Waals surface area contributed by atoms with Crippen LogP contribution in [0.4, 0.5) is 4.79 Å². The van der Waals surface area contributed by atoms with Crippen LogP contribution in [0.25, 0.3) is 0 Å². The molecule has 0 unspecified atom stereocenters. The normalized spacial score (nSPS) is 20.7. The Kier molecular flexibility index (Phi) is 5.42. The van der Waals surface area contributed by atoms with Crippen LogP contribution in [0.2, 0.25) is 0 Å². The number of ether oxygens (including phenoxy) is 1. The highest BCUT2D eigenvalue weighted by molar-refractivity contribution is 7.09. The van der Waals surface area contributed by atoms with Gasteiger partial charge in [-0.3, -0.25) is 0 Å². The van der Waals surface area contributed by atoms with Crippen molar-refractivity contribution in [1.82, 2.24) is 20.6 Å². The third kappa shape index (κ3) is 4.92.